The molecule has 122 valence electrons. The van der Waals surface area contributed by atoms with Gasteiger partial charge in [-0.3, -0.25) is 4.79 Å². The van der Waals surface area contributed by atoms with Gasteiger partial charge in [0.2, 0.25) is 0 Å². The summed E-state index contributed by atoms with van der Waals surface area (Å²) in [7, 11) is 3.18. The molecule has 2 rings (SSSR count). The monoisotopic (exact) mass is 353 g/mol. The predicted molar refractivity (Wildman–Crippen MR) is 91.5 cm³/mol. The lowest BCUT2D eigenvalue weighted by Gasteiger charge is -2.19. The van der Waals surface area contributed by atoms with Crippen molar-refractivity contribution >= 4 is 29.1 Å². The molecule has 0 saturated carbocycles. The average molecular weight is 354 g/mol. The Morgan fingerprint density at radius 1 is 1.17 bits per heavy atom. The number of rotatable bonds is 6. The molecule has 0 fully saturated rings. The van der Waals surface area contributed by atoms with Crippen LogP contribution in [0.5, 0.6) is 5.75 Å². The number of carbonyl (C=O) groups excluding carboxylic acids is 1. The molecule has 1 atom stereocenters. The van der Waals surface area contributed by atoms with Crippen LogP contribution in [0.2, 0.25) is 10.0 Å². The summed E-state index contributed by atoms with van der Waals surface area (Å²) in [5, 5.41) is 3.60. The van der Waals surface area contributed by atoms with E-state index >= 15 is 0 Å². The Labute approximate surface area is 145 Å². The highest BCUT2D eigenvalue weighted by atomic mass is 35.5. The number of halogens is 2. The molecule has 0 radical (unpaired) electrons. The van der Waals surface area contributed by atoms with Crippen LogP contribution < -0.4 is 10.1 Å². The average Bonchev–Trinajstić information content (AvgIpc) is 2.55. The molecular formula is C17H17Cl2NO3. The number of methoxy groups -OCH3 is 2. The number of ether oxygens (including phenoxy) is 2. The first kappa shape index (κ1) is 17.6. The van der Waals surface area contributed by atoms with Crippen LogP contribution in [0.25, 0.3) is 0 Å². The van der Waals surface area contributed by atoms with Crippen LogP contribution in [0.1, 0.15) is 22.0 Å². The minimum absolute atomic E-state index is 0.286. The fraction of sp³-hybridized carbons (Fsp3) is 0.235. The first-order valence-corrected chi connectivity index (χ1v) is 7.71. The van der Waals surface area contributed by atoms with E-state index in [1.165, 1.54) is 6.07 Å². The van der Waals surface area contributed by atoms with Gasteiger partial charge in [-0.15, -0.1) is 0 Å². The van der Waals surface area contributed by atoms with Crippen LogP contribution in [0.3, 0.4) is 0 Å². The van der Waals surface area contributed by atoms with Crippen LogP contribution in [0, 0.1) is 0 Å². The van der Waals surface area contributed by atoms with Crippen molar-refractivity contribution in [2.24, 2.45) is 0 Å². The third-order valence-corrected chi connectivity index (χ3v) is 3.94. The fourth-order valence-electron chi connectivity index (χ4n) is 2.21. The number of para-hydroxylation sites is 1. The summed E-state index contributed by atoms with van der Waals surface area (Å²) >= 11 is 11.9. The molecule has 0 aliphatic rings. The third-order valence-electron chi connectivity index (χ3n) is 3.39. The fourth-order valence-corrected chi connectivity index (χ4v) is 2.70. The van der Waals surface area contributed by atoms with Gasteiger partial charge >= 0.3 is 0 Å². The van der Waals surface area contributed by atoms with Gasteiger partial charge in [-0.1, -0.05) is 41.4 Å². The summed E-state index contributed by atoms with van der Waals surface area (Å²) in [6, 6.07) is 12.3. The van der Waals surface area contributed by atoms with E-state index < -0.39 is 0 Å². The molecule has 1 unspecified atom stereocenters. The molecule has 1 N–H and O–H groups in total. The van der Waals surface area contributed by atoms with Gasteiger partial charge < -0.3 is 14.8 Å². The van der Waals surface area contributed by atoms with Gasteiger partial charge in [0.25, 0.3) is 5.91 Å². The maximum Gasteiger partial charge on any atom is 0.252 e. The minimum atomic E-state index is -0.332. The molecule has 0 spiro atoms. The summed E-state index contributed by atoms with van der Waals surface area (Å²) < 4.78 is 10.8. The number of hydrogen-bond acceptors (Lipinski definition) is 3. The lowest BCUT2D eigenvalue weighted by molar-refractivity contribution is 0.0819. The minimum Gasteiger partial charge on any atom is -0.496 e. The Balaban J connectivity index is 2.09. The largest absolute Gasteiger partial charge is 0.496 e. The van der Waals surface area contributed by atoms with E-state index in [0.29, 0.717) is 21.4 Å². The van der Waals surface area contributed by atoms with E-state index in [0.717, 1.165) is 5.56 Å². The normalized spacial score (nSPS) is 11.8. The zero-order chi connectivity index (χ0) is 16.8. The maximum atomic E-state index is 12.3. The van der Waals surface area contributed by atoms with Crippen LogP contribution >= 0.6 is 23.2 Å². The molecule has 0 heterocycles. The smallest absolute Gasteiger partial charge is 0.252 e. The molecule has 23 heavy (non-hydrogen) atoms. The van der Waals surface area contributed by atoms with E-state index in [-0.39, 0.29) is 18.6 Å². The van der Waals surface area contributed by atoms with Crippen molar-refractivity contribution in [3.8, 4) is 5.75 Å². The lowest BCUT2D eigenvalue weighted by Crippen LogP contribution is -2.29. The first-order valence-electron chi connectivity index (χ1n) is 6.95. The Morgan fingerprint density at radius 2 is 1.91 bits per heavy atom. The van der Waals surface area contributed by atoms with Gasteiger partial charge in [0.15, 0.2) is 0 Å². The van der Waals surface area contributed by atoms with Gasteiger partial charge in [0.1, 0.15) is 11.9 Å². The zero-order valence-corrected chi connectivity index (χ0v) is 14.3. The van der Waals surface area contributed by atoms with Crippen LogP contribution in [0.4, 0.5) is 0 Å². The van der Waals surface area contributed by atoms with Crippen LogP contribution in [0.15, 0.2) is 42.5 Å². The van der Waals surface area contributed by atoms with Gasteiger partial charge in [0, 0.05) is 24.2 Å². The van der Waals surface area contributed by atoms with Crippen molar-refractivity contribution in [2.45, 2.75) is 6.10 Å². The highest BCUT2D eigenvalue weighted by molar-refractivity contribution is 6.36. The van der Waals surface area contributed by atoms with Crippen molar-refractivity contribution in [1.29, 1.82) is 0 Å². The molecule has 0 aliphatic heterocycles. The molecule has 6 heteroatoms. The SMILES string of the molecule is COc1ccccc1C(CNC(=O)c1ccc(Cl)cc1Cl)OC. The molecule has 0 bridgehead atoms. The topological polar surface area (TPSA) is 47.6 Å². The van der Waals surface area contributed by atoms with Gasteiger partial charge in [0.05, 0.1) is 17.7 Å². The summed E-state index contributed by atoms with van der Waals surface area (Å²) in [6.07, 6.45) is -0.332. The Bertz CT molecular complexity index is 691. The predicted octanol–water partition coefficient (Wildman–Crippen LogP) is 4.12. The van der Waals surface area contributed by atoms with E-state index in [1.54, 1.807) is 26.4 Å². The standard InChI is InChI=1S/C17H17Cl2NO3/c1-22-15-6-4-3-5-13(15)16(23-2)10-20-17(21)12-8-7-11(18)9-14(12)19/h3-9,16H,10H2,1-2H3,(H,20,21). The zero-order valence-electron chi connectivity index (χ0n) is 12.8. The maximum absolute atomic E-state index is 12.3. The molecule has 4 nitrogen and oxygen atoms in total. The number of amides is 1. The molecule has 2 aromatic carbocycles. The second-order valence-corrected chi connectivity index (χ2v) is 5.64. The van der Waals surface area contributed by atoms with Crippen molar-refractivity contribution in [2.75, 3.05) is 20.8 Å². The molecular weight excluding hydrogens is 337 g/mol. The first-order chi connectivity index (χ1) is 11.1. The van der Waals surface area contributed by atoms with Gasteiger partial charge in [-0.05, 0) is 24.3 Å². The second-order valence-electron chi connectivity index (χ2n) is 4.80. The van der Waals surface area contributed by atoms with Crippen molar-refractivity contribution < 1.29 is 14.3 Å². The number of benzene rings is 2. The van der Waals surface area contributed by atoms with E-state index in [1.807, 2.05) is 24.3 Å². The van der Waals surface area contributed by atoms with Crippen molar-refractivity contribution in [3.05, 3.63) is 63.6 Å². The van der Waals surface area contributed by atoms with Crippen molar-refractivity contribution in [1.82, 2.24) is 5.32 Å². The second kappa shape index (κ2) is 8.20. The van der Waals surface area contributed by atoms with E-state index in [2.05, 4.69) is 5.32 Å². The molecule has 0 aromatic heterocycles. The quantitative estimate of drug-likeness (QED) is 0.849. The van der Waals surface area contributed by atoms with E-state index in [9.17, 15) is 4.79 Å². The van der Waals surface area contributed by atoms with Crippen molar-refractivity contribution in [3.63, 3.8) is 0 Å². The molecule has 2 aromatic rings. The summed E-state index contributed by atoms with van der Waals surface area (Å²) in [5.74, 6) is 0.418. The lowest BCUT2D eigenvalue weighted by atomic mass is 10.1. The third kappa shape index (κ3) is 4.38. The summed E-state index contributed by atoms with van der Waals surface area (Å²) in [4.78, 5) is 12.3. The van der Waals surface area contributed by atoms with Gasteiger partial charge in [-0.25, -0.2) is 0 Å². The molecule has 0 aliphatic carbocycles. The molecule has 0 saturated heterocycles. The van der Waals surface area contributed by atoms with E-state index in [4.69, 9.17) is 32.7 Å². The highest BCUT2D eigenvalue weighted by Gasteiger charge is 2.17. The Hall–Kier alpha value is -1.75. The summed E-state index contributed by atoms with van der Waals surface area (Å²) in [6.45, 7) is 0.286. The summed E-state index contributed by atoms with van der Waals surface area (Å²) in [5.41, 5.74) is 1.23. The van der Waals surface area contributed by atoms with Gasteiger partial charge in [-0.2, -0.15) is 0 Å². The van der Waals surface area contributed by atoms with Crippen LogP contribution in [-0.2, 0) is 4.74 Å². The molecule has 1 amide bonds. The number of carbonyl (C=O) groups is 1. The number of hydrogen-bond donors (Lipinski definition) is 1. The highest BCUT2D eigenvalue weighted by Crippen LogP contribution is 2.27. The Kier molecular flexibility index (Phi) is 6.28. The van der Waals surface area contributed by atoms with Crippen LogP contribution in [-0.4, -0.2) is 26.7 Å². The number of nitrogens with one attached hydrogen (secondary N) is 1. The Morgan fingerprint density at radius 3 is 2.57 bits per heavy atom.